The summed E-state index contributed by atoms with van der Waals surface area (Å²) < 4.78 is 5.30. The zero-order valence-corrected chi connectivity index (χ0v) is 18.3. The van der Waals surface area contributed by atoms with E-state index in [9.17, 15) is 19.7 Å². The summed E-state index contributed by atoms with van der Waals surface area (Å²) in [5.41, 5.74) is 2.52. The molecule has 34 heavy (non-hydrogen) atoms. The number of para-hydroxylation sites is 2. The number of aromatic nitrogens is 1. The van der Waals surface area contributed by atoms with Crippen molar-refractivity contribution in [1.82, 2.24) is 10.3 Å². The molecule has 2 amide bonds. The number of nitro groups is 1. The average molecular weight is 458 g/mol. The minimum absolute atomic E-state index is 0.148. The second kappa shape index (κ2) is 9.86. The highest BCUT2D eigenvalue weighted by Crippen LogP contribution is 2.23. The molecule has 1 heterocycles. The fourth-order valence-electron chi connectivity index (χ4n) is 3.58. The molecule has 0 unspecified atom stereocenters. The first-order chi connectivity index (χ1) is 16.4. The first kappa shape index (κ1) is 22.5. The largest absolute Gasteiger partial charge is 0.413 e. The highest BCUT2D eigenvalue weighted by molar-refractivity contribution is 5.98. The molecule has 0 fully saturated rings. The minimum atomic E-state index is -1.01. The number of nitrogens with one attached hydrogen (secondary N) is 3. The summed E-state index contributed by atoms with van der Waals surface area (Å²) in [6, 6.07) is 19.3. The molecule has 0 saturated heterocycles. The highest BCUT2D eigenvalue weighted by atomic mass is 16.6. The van der Waals surface area contributed by atoms with Gasteiger partial charge in [0.05, 0.1) is 10.6 Å². The van der Waals surface area contributed by atoms with Crippen LogP contribution in [0.25, 0.3) is 10.9 Å². The molecule has 172 valence electrons. The smallest absolute Gasteiger partial charge is 0.410 e. The van der Waals surface area contributed by atoms with Crippen LogP contribution in [0.15, 0.2) is 79.0 Å². The molecule has 9 nitrogen and oxygen atoms in total. The Morgan fingerprint density at radius 1 is 1.06 bits per heavy atom. The molecule has 4 aromatic rings. The lowest BCUT2D eigenvalue weighted by Crippen LogP contribution is -2.46. The van der Waals surface area contributed by atoms with Crippen molar-refractivity contribution in [3.63, 3.8) is 0 Å². The summed E-state index contributed by atoms with van der Waals surface area (Å²) >= 11 is 0. The van der Waals surface area contributed by atoms with Crippen LogP contribution < -0.4 is 15.4 Å². The van der Waals surface area contributed by atoms with E-state index in [-0.39, 0.29) is 12.1 Å². The zero-order chi connectivity index (χ0) is 24.1. The molecular weight excluding hydrogens is 436 g/mol. The van der Waals surface area contributed by atoms with Crippen LogP contribution in [-0.2, 0) is 11.2 Å². The van der Waals surface area contributed by atoms with Gasteiger partial charge in [0.2, 0.25) is 5.91 Å². The number of carbonyl (C=O) groups is 2. The van der Waals surface area contributed by atoms with Crippen LogP contribution in [0.5, 0.6) is 5.75 Å². The van der Waals surface area contributed by atoms with Gasteiger partial charge in [-0.3, -0.25) is 14.9 Å². The number of benzene rings is 3. The van der Waals surface area contributed by atoms with E-state index in [2.05, 4.69) is 15.6 Å². The van der Waals surface area contributed by atoms with E-state index >= 15 is 0 Å². The summed E-state index contributed by atoms with van der Waals surface area (Å²) in [4.78, 5) is 39.6. The third-order valence-electron chi connectivity index (χ3n) is 5.35. The third kappa shape index (κ3) is 5.21. The summed E-state index contributed by atoms with van der Waals surface area (Å²) in [5, 5.41) is 17.4. The molecule has 0 aliphatic heterocycles. The van der Waals surface area contributed by atoms with E-state index < -0.39 is 23.0 Å². The number of carbonyl (C=O) groups excluding carboxylic acids is 2. The Hall–Kier alpha value is -4.66. The Morgan fingerprint density at radius 2 is 1.79 bits per heavy atom. The first-order valence-electron chi connectivity index (χ1n) is 10.5. The Labute approximate surface area is 194 Å². The van der Waals surface area contributed by atoms with Gasteiger partial charge in [0.25, 0.3) is 5.69 Å². The zero-order valence-electron chi connectivity index (χ0n) is 18.3. The number of rotatable bonds is 7. The van der Waals surface area contributed by atoms with E-state index in [1.807, 2.05) is 24.3 Å². The summed E-state index contributed by atoms with van der Waals surface area (Å²) in [6.45, 7) is 1.73. The van der Waals surface area contributed by atoms with Crippen molar-refractivity contribution in [2.75, 3.05) is 5.32 Å². The molecule has 0 aliphatic rings. The number of fused-ring (bicyclic) bond motifs is 1. The maximum Gasteiger partial charge on any atom is 0.413 e. The summed E-state index contributed by atoms with van der Waals surface area (Å²) in [6.07, 6.45) is 1.17. The molecule has 0 spiro atoms. The molecule has 3 aromatic carbocycles. The van der Waals surface area contributed by atoms with Gasteiger partial charge in [-0.15, -0.1) is 0 Å². The fraction of sp³-hybridized carbons (Fsp3) is 0.120. The quantitative estimate of drug-likeness (QED) is 0.273. The van der Waals surface area contributed by atoms with E-state index in [4.69, 9.17) is 4.74 Å². The number of aromatic amines is 1. The van der Waals surface area contributed by atoms with Crippen molar-refractivity contribution in [2.24, 2.45) is 0 Å². The van der Waals surface area contributed by atoms with Crippen molar-refractivity contribution < 1.29 is 19.2 Å². The van der Waals surface area contributed by atoms with Gasteiger partial charge in [-0.05, 0) is 36.2 Å². The first-order valence-corrected chi connectivity index (χ1v) is 10.5. The van der Waals surface area contributed by atoms with Crippen LogP contribution in [0.3, 0.4) is 0 Å². The van der Waals surface area contributed by atoms with Gasteiger partial charge in [0.15, 0.2) is 0 Å². The standard InChI is InChI=1S/C25H22N4O5/c1-16-11-12-18(29(32)33)14-22(16)27-24(30)23(28-25(31)34-19-7-3-2-4-8-19)13-17-15-26-21-10-6-5-9-20(17)21/h2-12,14-15,23,26H,13H2,1H3,(H,27,30)(H,28,31)/t23-/m0/s1. The van der Waals surface area contributed by atoms with Gasteiger partial charge in [0, 0.05) is 35.7 Å². The van der Waals surface area contributed by atoms with Gasteiger partial charge < -0.3 is 20.4 Å². The number of aryl methyl sites for hydroxylation is 1. The minimum Gasteiger partial charge on any atom is -0.410 e. The number of hydrogen-bond acceptors (Lipinski definition) is 5. The monoisotopic (exact) mass is 458 g/mol. The molecule has 1 aromatic heterocycles. The van der Waals surface area contributed by atoms with Gasteiger partial charge >= 0.3 is 6.09 Å². The maximum absolute atomic E-state index is 13.2. The number of non-ortho nitro benzene ring substituents is 1. The van der Waals surface area contributed by atoms with Gasteiger partial charge in [0.1, 0.15) is 11.8 Å². The average Bonchev–Trinajstić information content (AvgIpc) is 3.23. The van der Waals surface area contributed by atoms with Crippen molar-refractivity contribution in [3.8, 4) is 5.75 Å². The Balaban J connectivity index is 1.58. The molecule has 0 saturated carbocycles. The molecule has 4 rings (SSSR count). The van der Waals surface area contributed by atoms with Gasteiger partial charge in [-0.2, -0.15) is 0 Å². The molecule has 0 radical (unpaired) electrons. The Bertz CT molecular complexity index is 1350. The third-order valence-corrected chi connectivity index (χ3v) is 5.35. The predicted octanol–water partition coefficient (Wildman–Crippen LogP) is 4.72. The van der Waals surface area contributed by atoms with E-state index in [0.717, 1.165) is 16.5 Å². The fourth-order valence-corrected chi connectivity index (χ4v) is 3.58. The topological polar surface area (TPSA) is 126 Å². The lowest BCUT2D eigenvalue weighted by atomic mass is 10.0. The predicted molar refractivity (Wildman–Crippen MR) is 128 cm³/mol. The van der Waals surface area contributed by atoms with Crippen molar-refractivity contribution in [3.05, 3.63) is 100 Å². The number of hydrogen-bond donors (Lipinski definition) is 3. The van der Waals surface area contributed by atoms with Crippen LogP contribution in [0.2, 0.25) is 0 Å². The number of anilines is 1. The van der Waals surface area contributed by atoms with Crippen LogP contribution >= 0.6 is 0 Å². The molecule has 0 bridgehead atoms. The number of H-pyrrole nitrogens is 1. The lowest BCUT2D eigenvalue weighted by molar-refractivity contribution is -0.384. The van der Waals surface area contributed by atoms with Crippen molar-refractivity contribution in [1.29, 1.82) is 0 Å². The number of nitrogens with zero attached hydrogens (tertiary/aromatic N) is 1. The van der Waals surface area contributed by atoms with Crippen LogP contribution in [0.1, 0.15) is 11.1 Å². The maximum atomic E-state index is 13.2. The normalized spacial score (nSPS) is 11.6. The van der Waals surface area contributed by atoms with Gasteiger partial charge in [-0.25, -0.2) is 4.79 Å². The molecule has 0 aliphatic carbocycles. The lowest BCUT2D eigenvalue weighted by Gasteiger charge is -2.19. The van der Waals surface area contributed by atoms with Crippen LogP contribution in [-0.4, -0.2) is 27.9 Å². The van der Waals surface area contributed by atoms with E-state index in [0.29, 0.717) is 17.0 Å². The van der Waals surface area contributed by atoms with Crippen molar-refractivity contribution >= 4 is 34.3 Å². The van der Waals surface area contributed by atoms with Gasteiger partial charge in [-0.1, -0.05) is 42.5 Å². The SMILES string of the molecule is Cc1ccc([N+](=O)[O-])cc1NC(=O)[C@H](Cc1c[nH]c2ccccc12)NC(=O)Oc1ccccc1. The highest BCUT2D eigenvalue weighted by Gasteiger charge is 2.25. The summed E-state index contributed by atoms with van der Waals surface area (Å²) in [7, 11) is 0. The Kier molecular flexibility index (Phi) is 6.54. The molecule has 9 heteroatoms. The number of nitro benzene ring substituents is 1. The number of ether oxygens (including phenoxy) is 1. The van der Waals surface area contributed by atoms with Crippen molar-refractivity contribution in [2.45, 2.75) is 19.4 Å². The number of amides is 2. The van der Waals surface area contributed by atoms with Crippen LogP contribution in [0, 0.1) is 17.0 Å². The molecule has 3 N–H and O–H groups in total. The molecular formula is C25H22N4O5. The molecule has 1 atom stereocenters. The van der Waals surface area contributed by atoms with E-state index in [1.54, 1.807) is 49.5 Å². The second-order valence-electron chi connectivity index (χ2n) is 7.71. The van der Waals surface area contributed by atoms with E-state index in [1.165, 1.54) is 12.1 Å². The van der Waals surface area contributed by atoms with Crippen LogP contribution in [0.4, 0.5) is 16.2 Å². The Morgan fingerprint density at radius 3 is 2.56 bits per heavy atom. The summed E-state index contributed by atoms with van der Waals surface area (Å²) in [5.74, 6) is -0.195. The second-order valence-corrected chi connectivity index (χ2v) is 7.71.